The first-order chi connectivity index (χ1) is 13.5. The zero-order valence-corrected chi connectivity index (χ0v) is 16.1. The van der Waals surface area contributed by atoms with Crippen LogP contribution in [0.5, 0.6) is 0 Å². The van der Waals surface area contributed by atoms with Crippen molar-refractivity contribution < 1.29 is 14.3 Å². The zero-order chi connectivity index (χ0) is 20.1. The maximum absolute atomic E-state index is 12.5. The Morgan fingerprint density at radius 1 is 1.00 bits per heavy atom. The lowest BCUT2D eigenvalue weighted by Gasteiger charge is -2.16. The second-order valence-electron chi connectivity index (χ2n) is 6.81. The van der Waals surface area contributed by atoms with Crippen molar-refractivity contribution in [2.75, 3.05) is 5.32 Å². The number of amides is 1. The minimum atomic E-state index is -0.948. The molecule has 0 radical (unpaired) electrons. The maximum Gasteiger partial charge on any atom is 0.357 e. The summed E-state index contributed by atoms with van der Waals surface area (Å²) in [6.45, 7) is 5.65. The van der Waals surface area contributed by atoms with Crippen molar-refractivity contribution in [3.63, 3.8) is 0 Å². The summed E-state index contributed by atoms with van der Waals surface area (Å²) in [5.74, 6) is -0.755. The number of rotatable bonds is 6. The quantitative estimate of drug-likeness (QED) is 0.624. The van der Waals surface area contributed by atoms with E-state index in [9.17, 15) is 9.59 Å². The van der Waals surface area contributed by atoms with Crippen molar-refractivity contribution in [3.8, 4) is 11.3 Å². The van der Waals surface area contributed by atoms with Crippen LogP contribution in [0.1, 0.15) is 42.7 Å². The first-order valence-corrected chi connectivity index (χ1v) is 9.17. The summed E-state index contributed by atoms with van der Waals surface area (Å²) >= 11 is 0. The van der Waals surface area contributed by atoms with Crippen LogP contribution in [0, 0.1) is 0 Å². The van der Waals surface area contributed by atoms with Crippen LogP contribution in [0.15, 0.2) is 60.7 Å². The minimum Gasteiger partial charge on any atom is -0.448 e. The highest BCUT2D eigenvalue weighted by Crippen LogP contribution is 2.24. The average Bonchev–Trinajstić information content (AvgIpc) is 3.19. The molecule has 0 saturated heterocycles. The van der Waals surface area contributed by atoms with Crippen LogP contribution in [0.25, 0.3) is 11.3 Å². The van der Waals surface area contributed by atoms with Crippen molar-refractivity contribution in [1.29, 1.82) is 0 Å². The number of carbonyl (C=O) groups is 2. The van der Waals surface area contributed by atoms with E-state index in [2.05, 4.69) is 29.4 Å². The summed E-state index contributed by atoms with van der Waals surface area (Å²) in [5, 5.41) is 9.64. The topological polar surface area (TPSA) is 84.1 Å². The second-order valence-corrected chi connectivity index (χ2v) is 6.81. The van der Waals surface area contributed by atoms with Gasteiger partial charge in [-0.2, -0.15) is 5.10 Å². The van der Waals surface area contributed by atoms with Crippen LogP contribution in [0.3, 0.4) is 0 Å². The Morgan fingerprint density at radius 2 is 1.68 bits per heavy atom. The molecule has 0 aliphatic heterocycles. The summed E-state index contributed by atoms with van der Waals surface area (Å²) < 4.78 is 5.30. The Hall–Kier alpha value is -3.41. The summed E-state index contributed by atoms with van der Waals surface area (Å²) in [7, 11) is 0. The van der Waals surface area contributed by atoms with Crippen LogP contribution in [-0.2, 0) is 9.53 Å². The summed E-state index contributed by atoms with van der Waals surface area (Å²) in [4.78, 5) is 24.8. The van der Waals surface area contributed by atoms with E-state index in [1.807, 2.05) is 54.6 Å². The molecule has 1 atom stereocenters. The van der Waals surface area contributed by atoms with E-state index in [0.29, 0.717) is 5.69 Å². The van der Waals surface area contributed by atoms with Gasteiger partial charge in [-0.05, 0) is 30.5 Å². The monoisotopic (exact) mass is 377 g/mol. The second kappa shape index (κ2) is 8.52. The molecule has 1 heterocycles. The summed E-state index contributed by atoms with van der Waals surface area (Å²) in [6, 6.07) is 18.7. The number of esters is 1. The Morgan fingerprint density at radius 3 is 2.39 bits per heavy atom. The third-order valence-electron chi connectivity index (χ3n) is 4.36. The van der Waals surface area contributed by atoms with Gasteiger partial charge in [0.15, 0.2) is 6.10 Å². The number of benzene rings is 2. The number of carbonyl (C=O) groups excluding carboxylic acids is 2. The van der Waals surface area contributed by atoms with Crippen molar-refractivity contribution in [2.24, 2.45) is 0 Å². The predicted molar refractivity (Wildman–Crippen MR) is 108 cm³/mol. The number of aromatic nitrogens is 2. The third-order valence-corrected chi connectivity index (χ3v) is 4.36. The molecule has 1 amide bonds. The highest BCUT2D eigenvalue weighted by molar-refractivity contribution is 5.97. The van der Waals surface area contributed by atoms with E-state index in [1.165, 1.54) is 0 Å². The molecule has 0 spiro atoms. The lowest BCUT2D eigenvalue weighted by molar-refractivity contribution is -0.123. The van der Waals surface area contributed by atoms with Crippen LogP contribution < -0.4 is 5.32 Å². The van der Waals surface area contributed by atoms with Gasteiger partial charge in [0.1, 0.15) is 5.69 Å². The lowest BCUT2D eigenvalue weighted by Crippen LogP contribution is -2.30. The molecule has 6 heteroatoms. The van der Waals surface area contributed by atoms with Crippen molar-refractivity contribution in [1.82, 2.24) is 10.2 Å². The molecule has 0 bridgehead atoms. The van der Waals surface area contributed by atoms with Gasteiger partial charge >= 0.3 is 5.97 Å². The molecule has 144 valence electrons. The van der Waals surface area contributed by atoms with E-state index < -0.39 is 12.1 Å². The van der Waals surface area contributed by atoms with Crippen LogP contribution >= 0.6 is 0 Å². The summed E-state index contributed by atoms with van der Waals surface area (Å²) in [6.07, 6.45) is -0.948. The highest BCUT2D eigenvalue weighted by atomic mass is 16.5. The number of nitrogens with one attached hydrogen (secondary N) is 2. The van der Waals surface area contributed by atoms with Gasteiger partial charge in [-0.25, -0.2) is 4.79 Å². The molecule has 0 unspecified atom stereocenters. The molecule has 0 fully saturated rings. The van der Waals surface area contributed by atoms with E-state index >= 15 is 0 Å². The fourth-order valence-corrected chi connectivity index (χ4v) is 2.81. The fourth-order valence-electron chi connectivity index (χ4n) is 2.81. The molecule has 3 rings (SSSR count). The van der Waals surface area contributed by atoms with Crippen molar-refractivity contribution in [2.45, 2.75) is 32.8 Å². The van der Waals surface area contributed by atoms with Crippen LogP contribution in [0.2, 0.25) is 0 Å². The van der Waals surface area contributed by atoms with E-state index in [1.54, 1.807) is 13.0 Å². The summed E-state index contributed by atoms with van der Waals surface area (Å²) in [5.41, 5.74) is 3.46. The highest BCUT2D eigenvalue weighted by Gasteiger charge is 2.21. The normalized spacial score (nSPS) is 11.9. The molecule has 2 aromatic carbocycles. The number of hydrogen-bond acceptors (Lipinski definition) is 4. The molecule has 1 aromatic heterocycles. The lowest BCUT2D eigenvalue weighted by atomic mass is 10.0. The molecule has 2 N–H and O–H groups in total. The Balaban J connectivity index is 1.64. The molecule has 28 heavy (non-hydrogen) atoms. The maximum atomic E-state index is 12.5. The third kappa shape index (κ3) is 4.46. The van der Waals surface area contributed by atoms with E-state index in [-0.39, 0.29) is 17.5 Å². The Bertz CT molecular complexity index is 964. The number of anilines is 1. The van der Waals surface area contributed by atoms with Crippen molar-refractivity contribution >= 4 is 17.6 Å². The number of aromatic amines is 1. The van der Waals surface area contributed by atoms with Crippen LogP contribution in [-0.4, -0.2) is 28.2 Å². The van der Waals surface area contributed by atoms with E-state index in [0.717, 1.165) is 16.8 Å². The van der Waals surface area contributed by atoms with Gasteiger partial charge < -0.3 is 10.1 Å². The van der Waals surface area contributed by atoms with Crippen molar-refractivity contribution in [3.05, 3.63) is 71.9 Å². The van der Waals surface area contributed by atoms with Gasteiger partial charge in [-0.15, -0.1) is 0 Å². The standard InChI is InChI=1S/C22H23N3O3/c1-14(2)17-11-7-8-12-18(17)23-21(26)15(3)28-22(27)20-13-19(24-25-20)16-9-5-4-6-10-16/h4-15H,1-3H3,(H,23,26)(H,24,25)/t15-/m0/s1. The van der Waals surface area contributed by atoms with Gasteiger partial charge in [0, 0.05) is 11.3 Å². The van der Waals surface area contributed by atoms with Gasteiger partial charge in [0.25, 0.3) is 5.91 Å². The zero-order valence-electron chi connectivity index (χ0n) is 16.1. The number of para-hydroxylation sites is 1. The van der Waals surface area contributed by atoms with Gasteiger partial charge in [-0.3, -0.25) is 9.89 Å². The Labute approximate surface area is 163 Å². The first-order valence-electron chi connectivity index (χ1n) is 9.17. The van der Waals surface area contributed by atoms with E-state index in [4.69, 9.17) is 4.74 Å². The number of H-pyrrole nitrogens is 1. The molecule has 3 aromatic rings. The molecule has 0 saturated carbocycles. The number of ether oxygens (including phenoxy) is 1. The molecular formula is C22H23N3O3. The largest absolute Gasteiger partial charge is 0.448 e. The molecular weight excluding hydrogens is 354 g/mol. The SMILES string of the molecule is CC(C)c1ccccc1NC(=O)[C@H](C)OC(=O)c1cc(-c2ccccc2)n[nH]1. The number of nitrogens with zero attached hydrogens (tertiary/aromatic N) is 1. The number of hydrogen-bond donors (Lipinski definition) is 2. The van der Waals surface area contributed by atoms with Crippen LogP contribution in [0.4, 0.5) is 5.69 Å². The predicted octanol–water partition coefficient (Wildman–Crippen LogP) is 4.38. The fraction of sp³-hybridized carbons (Fsp3) is 0.227. The molecule has 0 aliphatic carbocycles. The molecule has 0 aliphatic rings. The smallest absolute Gasteiger partial charge is 0.357 e. The Kier molecular flexibility index (Phi) is 5.89. The first kappa shape index (κ1) is 19.4. The minimum absolute atomic E-state index is 0.195. The van der Waals surface area contributed by atoms with Gasteiger partial charge in [-0.1, -0.05) is 62.4 Å². The van der Waals surface area contributed by atoms with Gasteiger partial charge in [0.05, 0.1) is 5.69 Å². The average molecular weight is 377 g/mol. The molecule has 6 nitrogen and oxygen atoms in total. The van der Waals surface area contributed by atoms with Gasteiger partial charge in [0.2, 0.25) is 0 Å².